The van der Waals surface area contributed by atoms with Gasteiger partial charge in [0.2, 0.25) is 5.91 Å². The lowest BCUT2D eigenvalue weighted by Crippen LogP contribution is -2.26. The van der Waals surface area contributed by atoms with Gasteiger partial charge in [0.05, 0.1) is 0 Å². The molecule has 1 amide bonds. The van der Waals surface area contributed by atoms with Gasteiger partial charge in [0.15, 0.2) is 5.16 Å². The Labute approximate surface area is 117 Å². The Morgan fingerprint density at radius 1 is 1.32 bits per heavy atom. The molecule has 0 fully saturated rings. The fourth-order valence-electron chi connectivity index (χ4n) is 1.69. The van der Waals surface area contributed by atoms with Gasteiger partial charge in [0.25, 0.3) is 0 Å². The summed E-state index contributed by atoms with van der Waals surface area (Å²) in [7, 11) is 5.48. The Morgan fingerprint density at radius 3 is 2.53 bits per heavy atom. The summed E-state index contributed by atoms with van der Waals surface area (Å²) in [6.07, 6.45) is 3.62. The summed E-state index contributed by atoms with van der Waals surface area (Å²) in [6, 6.07) is 9.80. The molecule has 1 unspecified atom stereocenters. The van der Waals surface area contributed by atoms with E-state index in [9.17, 15) is 4.79 Å². The fraction of sp³-hybridized carbons (Fsp3) is 0.286. The van der Waals surface area contributed by atoms with Crippen molar-refractivity contribution in [1.82, 2.24) is 14.5 Å². The van der Waals surface area contributed by atoms with E-state index >= 15 is 0 Å². The smallest absolute Gasteiger partial charge is 0.240 e. The Morgan fingerprint density at radius 2 is 2.00 bits per heavy atom. The maximum Gasteiger partial charge on any atom is 0.240 e. The second kappa shape index (κ2) is 5.93. The minimum absolute atomic E-state index is 0.0687. The number of benzene rings is 1. The average Bonchev–Trinajstić information content (AvgIpc) is 2.81. The third-order valence-corrected chi connectivity index (χ3v) is 4.08. The second-order valence-electron chi connectivity index (χ2n) is 4.46. The molecule has 4 nitrogen and oxygen atoms in total. The zero-order valence-corrected chi connectivity index (χ0v) is 12.1. The predicted molar refractivity (Wildman–Crippen MR) is 76.9 cm³/mol. The Bertz CT molecular complexity index is 551. The van der Waals surface area contributed by atoms with Crippen LogP contribution in [0.1, 0.15) is 10.8 Å². The number of hydrogen-bond donors (Lipinski definition) is 0. The van der Waals surface area contributed by atoms with E-state index in [0.717, 1.165) is 10.7 Å². The van der Waals surface area contributed by atoms with E-state index in [0.29, 0.717) is 0 Å². The molecule has 0 N–H and O–H groups in total. The average molecular weight is 275 g/mol. The first-order valence-electron chi connectivity index (χ1n) is 5.99. The third kappa shape index (κ3) is 3.17. The van der Waals surface area contributed by atoms with Crippen LogP contribution >= 0.6 is 11.8 Å². The van der Waals surface area contributed by atoms with Crippen LogP contribution in [0.5, 0.6) is 0 Å². The van der Waals surface area contributed by atoms with Crippen molar-refractivity contribution in [3.8, 4) is 0 Å². The van der Waals surface area contributed by atoms with Gasteiger partial charge in [-0.05, 0) is 5.56 Å². The molecule has 0 saturated carbocycles. The largest absolute Gasteiger partial charge is 0.348 e. The van der Waals surface area contributed by atoms with Gasteiger partial charge < -0.3 is 9.47 Å². The zero-order valence-electron chi connectivity index (χ0n) is 11.3. The Hall–Kier alpha value is -1.75. The van der Waals surface area contributed by atoms with E-state index in [1.54, 1.807) is 25.2 Å². The molecular formula is C14H17N3OS. The highest BCUT2D eigenvalue weighted by Crippen LogP contribution is 2.35. The van der Waals surface area contributed by atoms with Crippen molar-refractivity contribution in [2.45, 2.75) is 10.4 Å². The highest BCUT2D eigenvalue weighted by molar-refractivity contribution is 8.00. The molecule has 0 aliphatic carbocycles. The van der Waals surface area contributed by atoms with Crippen molar-refractivity contribution in [3.63, 3.8) is 0 Å². The summed E-state index contributed by atoms with van der Waals surface area (Å²) in [5.74, 6) is 0.0687. The van der Waals surface area contributed by atoms with Crippen LogP contribution in [0.3, 0.4) is 0 Å². The van der Waals surface area contributed by atoms with E-state index in [1.165, 1.54) is 11.8 Å². The number of amides is 1. The minimum atomic E-state index is -0.266. The SMILES string of the molecule is CN(C)C(=O)C(Sc1nccn1C)c1ccccc1. The number of carbonyl (C=O) groups excluding carboxylic acids is 1. The quantitative estimate of drug-likeness (QED) is 0.804. The highest BCUT2D eigenvalue weighted by atomic mass is 32.2. The fourth-order valence-corrected chi connectivity index (χ4v) is 2.86. The summed E-state index contributed by atoms with van der Waals surface area (Å²) in [6.45, 7) is 0. The molecule has 1 aromatic heterocycles. The molecular weight excluding hydrogens is 258 g/mol. The molecule has 1 atom stereocenters. The van der Waals surface area contributed by atoms with Crippen molar-refractivity contribution < 1.29 is 4.79 Å². The van der Waals surface area contributed by atoms with E-state index in [4.69, 9.17) is 0 Å². The highest BCUT2D eigenvalue weighted by Gasteiger charge is 2.24. The van der Waals surface area contributed by atoms with Crippen LogP contribution < -0.4 is 0 Å². The Balaban J connectivity index is 2.30. The van der Waals surface area contributed by atoms with Crippen LogP contribution in [0.4, 0.5) is 0 Å². The maximum absolute atomic E-state index is 12.3. The van der Waals surface area contributed by atoms with Crippen molar-refractivity contribution in [1.29, 1.82) is 0 Å². The number of rotatable bonds is 4. The molecule has 0 aliphatic rings. The van der Waals surface area contributed by atoms with Crippen molar-refractivity contribution in [3.05, 3.63) is 48.3 Å². The van der Waals surface area contributed by atoms with Gasteiger partial charge in [0.1, 0.15) is 5.25 Å². The van der Waals surface area contributed by atoms with Gasteiger partial charge in [0, 0.05) is 33.5 Å². The van der Waals surface area contributed by atoms with E-state index < -0.39 is 0 Å². The molecule has 5 heteroatoms. The predicted octanol–water partition coefficient (Wildman–Crippen LogP) is 2.34. The zero-order chi connectivity index (χ0) is 13.8. The van der Waals surface area contributed by atoms with Gasteiger partial charge in [-0.1, -0.05) is 42.1 Å². The summed E-state index contributed by atoms with van der Waals surface area (Å²) in [5.41, 5.74) is 0.995. The number of nitrogens with zero attached hydrogens (tertiary/aromatic N) is 3. The molecule has 0 aliphatic heterocycles. The lowest BCUT2D eigenvalue weighted by Gasteiger charge is -2.20. The number of hydrogen-bond acceptors (Lipinski definition) is 3. The van der Waals surface area contributed by atoms with Crippen LogP contribution in [0.2, 0.25) is 0 Å². The summed E-state index contributed by atoms with van der Waals surface area (Å²) < 4.78 is 1.92. The molecule has 0 spiro atoms. The maximum atomic E-state index is 12.3. The molecule has 0 saturated heterocycles. The van der Waals surface area contributed by atoms with Crippen LogP contribution in [-0.2, 0) is 11.8 Å². The number of imidazole rings is 1. The molecule has 2 aromatic rings. The van der Waals surface area contributed by atoms with Crippen molar-refractivity contribution in [2.24, 2.45) is 7.05 Å². The van der Waals surface area contributed by atoms with Crippen molar-refractivity contribution >= 4 is 17.7 Å². The molecule has 0 radical (unpaired) electrons. The van der Waals surface area contributed by atoms with Crippen LogP contribution in [0, 0.1) is 0 Å². The number of aromatic nitrogens is 2. The molecule has 1 heterocycles. The first-order valence-corrected chi connectivity index (χ1v) is 6.87. The van der Waals surface area contributed by atoms with Gasteiger partial charge >= 0.3 is 0 Å². The summed E-state index contributed by atoms with van der Waals surface area (Å²) in [5, 5.41) is 0.571. The van der Waals surface area contributed by atoms with Gasteiger partial charge in [-0.25, -0.2) is 4.98 Å². The first-order chi connectivity index (χ1) is 9.09. The standard InChI is InChI=1S/C14H17N3OS/c1-16(2)13(18)12(11-7-5-4-6-8-11)19-14-15-9-10-17(14)3/h4-10,12H,1-3H3. The van der Waals surface area contributed by atoms with E-state index in [2.05, 4.69) is 4.98 Å². The van der Waals surface area contributed by atoms with Crippen molar-refractivity contribution in [2.75, 3.05) is 14.1 Å². The molecule has 1 aromatic carbocycles. The normalized spacial score (nSPS) is 12.2. The summed E-state index contributed by atoms with van der Waals surface area (Å²) in [4.78, 5) is 18.2. The number of thioether (sulfide) groups is 1. The number of carbonyl (C=O) groups is 1. The molecule has 19 heavy (non-hydrogen) atoms. The summed E-state index contributed by atoms with van der Waals surface area (Å²) >= 11 is 1.47. The lowest BCUT2D eigenvalue weighted by atomic mass is 10.1. The minimum Gasteiger partial charge on any atom is -0.348 e. The topological polar surface area (TPSA) is 38.1 Å². The third-order valence-electron chi connectivity index (χ3n) is 2.77. The monoisotopic (exact) mass is 275 g/mol. The number of aryl methyl sites for hydroxylation is 1. The lowest BCUT2D eigenvalue weighted by molar-refractivity contribution is -0.128. The number of likely N-dealkylation sites (N-methyl/N-ethyl adjacent to an activating group) is 1. The van der Waals surface area contributed by atoms with Gasteiger partial charge in [-0.15, -0.1) is 0 Å². The molecule has 0 bridgehead atoms. The van der Waals surface area contributed by atoms with Crippen LogP contribution in [0.15, 0.2) is 47.9 Å². The Kier molecular flexibility index (Phi) is 4.27. The van der Waals surface area contributed by atoms with E-state index in [-0.39, 0.29) is 11.2 Å². The molecule has 2 rings (SSSR count). The van der Waals surface area contributed by atoms with Crippen LogP contribution in [-0.4, -0.2) is 34.5 Å². The van der Waals surface area contributed by atoms with E-state index in [1.807, 2.05) is 48.1 Å². The molecule has 100 valence electrons. The second-order valence-corrected chi connectivity index (χ2v) is 5.53. The van der Waals surface area contributed by atoms with Gasteiger partial charge in [-0.3, -0.25) is 4.79 Å². The first kappa shape index (κ1) is 13.7. The van der Waals surface area contributed by atoms with Crippen LogP contribution in [0.25, 0.3) is 0 Å². The van der Waals surface area contributed by atoms with Gasteiger partial charge in [-0.2, -0.15) is 0 Å².